The number of rotatable bonds is 5. The highest BCUT2D eigenvalue weighted by Gasteiger charge is 2.12. The van der Waals surface area contributed by atoms with E-state index in [1.165, 1.54) is 0 Å². The van der Waals surface area contributed by atoms with Gasteiger partial charge in [-0.05, 0) is 26.0 Å². The van der Waals surface area contributed by atoms with Crippen molar-refractivity contribution < 1.29 is 4.79 Å². The van der Waals surface area contributed by atoms with Crippen LogP contribution in [0, 0.1) is 0 Å². The summed E-state index contributed by atoms with van der Waals surface area (Å²) in [5.74, 6) is 0.919. The van der Waals surface area contributed by atoms with E-state index in [2.05, 4.69) is 33.4 Å². The van der Waals surface area contributed by atoms with Crippen LogP contribution in [0.15, 0.2) is 54.6 Å². The summed E-state index contributed by atoms with van der Waals surface area (Å²) in [4.78, 5) is 16.5. The molecular weight excluding hydrogens is 300 g/mol. The highest BCUT2D eigenvalue weighted by Crippen LogP contribution is 2.24. The molecule has 124 valence electrons. The molecule has 2 amide bonds. The fourth-order valence-corrected chi connectivity index (χ4v) is 2.70. The molecule has 0 aliphatic heterocycles. The molecule has 3 aromatic rings. The average Bonchev–Trinajstić information content (AvgIpc) is 2.94. The van der Waals surface area contributed by atoms with E-state index in [1.54, 1.807) is 0 Å². The Morgan fingerprint density at radius 1 is 1.08 bits per heavy atom. The van der Waals surface area contributed by atoms with Crippen LogP contribution in [-0.4, -0.2) is 28.2 Å². The maximum Gasteiger partial charge on any atom is 0.315 e. The van der Waals surface area contributed by atoms with Crippen molar-refractivity contribution in [1.82, 2.24) is 20.2 Å². The van der Waals surface area contributed by atoms with Crippen molar-refractivity contribution in [2.75, 3.05) is 6.54 Å². The Kier molecular flexibility index (Phi) is 4.79. The molecule has 0 atom stereocenters. The van der Waals surface area contributed by atoms with Crippen molar-refractivity contribution in [1.29, 1.82) is 0 Å². The van der Waals surface area contributed by atoms with E-state index in [9.17, 15) is 4.79 Å². The molecule has 2 aromatic carbocycles. The van der Waals surface area contributed by atoms with Crippen molar-refractivity contribution >= 4 is 17.1 Å². The number of carbonyl (C=O) groups is 1. The lowest BCUT2D eigenvalue weighted by Gasteiger charge is -2.12. The van der Waals surface area contributed by atoms with Crippen LogP contribution in [0.4, 0.5) is 4.79 Å². The number of hydrogen-bond donors (Lipinski definition) is 2. The number of para-hydroxylation sites is 2. The number of imidazole rings is 1. The summed E-state index contributed by atoms with van der Waals surface area (Å²) < 4.78 is 2.15. The predicted octanol–water partition coefficient (Wildman–Crippen LogP) is 3.41. The molecule has 0 spiro atoms. The third kappa shape index (κ3) is 3.56. The van der Waals surface area contributed by atoms with Gasteiger partial charge in [0, 0.05) is 24.7 Å². The van der Waals surface area contributed by atoms with Crippen LogP contribution in [-0.2, 0) is 6.54 Å². The van der Waals surface area contributed by atoms with E-state index < -0.39 is 0 Å². The Balaban J connectivity index is 1.84. The molecule has 0 saturated heterocycles. The summed E-state index contributed by atoms with van der Waals surface area (Å²) in [5.41, 5.74) is 3.10. The van der Waals surface area contributed by atoms with Gasteiger partial charge in [0.2, 0.25) is 0 Å². The van der Waals surface area contributed by atoms with Crippen LogP contribution >= 0.6 is 0 Å². The molecule has 0 fully saturated rings. The average molecular weight is 322 g/mol. The minimum absolute atomic E-state index is 0.124. The lowest BCUT2D eigenvalue weighted by atomic mass is 10.2. The Hall–Kier alpha value is -2.82. The van der Waals surface area contributed by atoms with E-state index >= 15 is 0 Å². The first kappa shape index (κ1) is 16.1. The minimum Gasteiger partial charge on any atom is -0.336 e. The van der Waals surface area contributed by atoms with E-state index in [1.807, 2.05) is 50.2 Å². The summed E-state index contributed by atoms with van der Waals surface area (Å²) in [5, 5.41) is 5.73. The number of hydrogen-bond acceptors (Lipinski definition) is 2. The van der Waals surface area contributed by atoms with E-state index in [0.717, 1.165) is 22.4 Å². The van der Waals surface area contributed by atoms with Crippen molar-refractivity contribution in [2.24, 2.45) is 0 Å². The zero-order chi connectivity index (χ0) is 16.9. The second kappa shape index (κ2) is 7.17. The molecule has 24 heavy (non-hydrogen) atoms. The Morgan fingerprint density at radius 3 is 2.54 bits per heavy atom. The van der Waals surface area contributed by atoms with Gasteiger partial charge in [-0.1, -0.05) is 42.5 Å². The van der Waals surface area contributed by atoms with Gasteiger partial charge in [-0.3, -0.25) is 0 Å². The third-order valence-corrected chi connectivity index (χ3v) is 3.73. The standard InChI is InChI=1S/C19H22N4O/c1-14(2)21-19(24)20-12-13-23-17-11-7-6-10-16(17)22-18(23)15-8-4-3-5-9-15/h3-11,14H,12-13H2,1-2H3,(H2,20,21,24). The van der Waals surface area contributed by atoms with E-state index in [-0.39, 0.29) is 12.1 Å². The highest BCUT2D eigenvalue weighted by atomic mass is 16.2. The summed E-state index contributed by atoms with van der Waals surface area (Å²) in [6.45, 7) is 5.09. The molecule has 0 radical (unpaired) electrons. The molecule has 0 aliphatic rings. The van der Waals surface area contributed by atoms with Gasteiger partial charge in [0.15, 0.2) is 0 Å². The molecule has 2 N–H and O–H groups in total. The summed E-state index contributed by atoms with van der Waals surface area (Å²) in [7, 11) is 0. The molecule has 0 unspecified atom stereocenters. The van der Waals surface area contributed by atoms with E-state index in [0.29, 0.717) is 13.1 Å². The Labute approximate surface area is 141 Å². The van der Waals surface area contributed by atoms with Gasteiger partial charge in [0.25, 0.3) is 0 Å². The molecule has 1 heterocycles. The summed E-state index contributed by atoms with van der Waals surface area (Å²) in [6.07, 6.45) is 0. The summed E-state index contributed by atoms with van der Waals surface area (Å²) >= 11 is 0. The molecule has 3 rings (SSSR count). The van der Waals surface area contributed by atoms with Crippen LogP contribution in [0.1, 0.15) is 13.8 Å². The monoisotopic (exact) mass is 322 g/mol. The molecule has 5 nitrogen and oxygen atoms in total. The highest BCUT2D eigenvalue weighted by molar-refractivity contribution is 5.80. The molecular formula is C19H22N4O. The number of carbonyl (C=O) groups excluding carboxylic acids is 1. The number of amides is 2. The van der Waals surface area contributed by atoms with Crippen LogP contribution in [0.5, 0.6) is 0 Å². The molecule has 1 aromatic heterocycles. The number of urea groups is 1. The van der Waals surface area contributed by atoms with Crippen molar-refractivity contribution in [3.05, 3.63) is 54.6 Å². The minimum atomic E-state index is -0.143. The third-order valence-electron chi connectivity index (χ3n) is 3.73. The first-order chi connectivity index (χ1) is 11.6. The normalized spacial score (nSPS) is 11.0. The molecule has 0 aliphatic carbocycles. The van der Waals surface area contributed by atoms with Gasteiger partial charge < -0.3 is 15.2 Å². The predicted molar refractivity (Wildman–Crippen MR) is 96.8 cm³/mol. The SMILES string of the molecule is CC(C)NC(=O)NCCn1c(-c2ccccc2)nc2ccccc21. The number of nitrogens with zero attached hydrogens (tertiary/aromatic N) is 2. The zero-order valence-electron chi connectivity index (χ0n) is 14.0. The molecule has 0 bridgehead atoms. The number of fused-ring (bicyclic) bond motifs is 1. The van der Waals surface area contributed by atoms with Crippen LogP contribution in [0.3, 0.4) is 0 Å². The number of benzene rings is 2. The van der Waals surface area contributed by atoms with Gasteiger partial charge >= 0.3 is 6.03 Å². The maximum absolute atomic E-state index is 11.8. The fraction of sp³-hybridized carbons (Fsp3) is 0.263. The molecule has 0 saturated carbocycles. The van der Waals surface area contributed by atoms with Gasteiger partial charge in [0.05, 0.1) is 11.0 Å². The number of aromatic nitrogens is 2. The molecule has 5 heteroatoms. The largest absolute Gasteiger partial charge is 0.336 e. The first-order valence-corrected chi connectivity index (χ1v) is 8.20. The summed E-state index contributed by atoms with van der Waals surface area (Å²) in [6, 6.07) is 18.2. The maximum atomic E-state index is 11.8. The second-order valence-corrected chi connectivity index (χ2v) is 6.00. The van der Waals surface area contributed by atoms with Crippen molar-refractivity contribution in [3.8, 4) is 11.4 Å². The second-order valence-electron chi connectivity index (χ2n) is 6.00. The Bertz CT molecular complexity index is 824. The van der Waals surface area contributed by atoms with E-state index in [4.69, 9.17) is 4.98 Å². The Morgan fingerprint density at radius 2 is 1.79 bits per heavy atom. The van der Waals surface area contributed by atoms with Crippen molar-refractivity contribution in [2.45, 2.75) is 26.4 Å². The topological polar surface area (TPSA) is 59.0 Å². The quantitative estimate of drug-likeness (QED) is 0.756. The van der Waals surface area contributed by atoms with Gasteiger partial charge in [0.1, 0.15) is 5.82 Å². The lowest BCUT2D eigenvalue weighted by molar-refractivity contribution is 0.238. The van der Waals surface area contributed by atoms with Crippen LogP contribution < -0.4 is 10.6 Å². The van der Waals surface area contributed by atoms with Gasteiger partial charge in [-0.25, -0.2) is 9.78 Å². The van der Waals surface area contributed by atoms with Crippen molar-refractivity contribution in [3.63, 3.8) is 0 Å². The van der Waals surface area contributed by atoms with Gasteiger partial charge in [-0.15, -0.1) is 0 Å². The fourth-order valence-electron chi connectivity index (χ4n) is 2.70. The van der Waals surface area contributed by atoms with Gasteiger partial charge in [-0.2, -0.15) is 0 Å². The lowest BCUT2D eigenvalue weighted by Crippen LogP contribution is -2.40. The zero-order valence-corrected chi connectivity index (χ0v) is 14.0. The van der Waals surface area contributed by atoms with Crippen LogP contribution in [0.2, 0.25) is 0 Å². The number of nitrogens with one attached hydrogen (secondary N) is 2. The van der Waals surface area contributed by atoms with Crippen LogP contribution in [0.25, 0.3) is 22.4 Å². The smallest absolute Gasteiger partial charge is 0.315 e. The first-order valence-electron chi connectivity index (χ1n) is 8.20.